The van der Waals surface area contributed by atoms with E-state index in [9.17, 15) is 4.79 Å². The minimum Gasteiger partial charge on any atom is -0.491 e. The maximum absolute atomic E-state index is 10.4. The molecule has 19 heavy (non-hydrogen) atoms. The van der Waals surface area contributed by atoms with Crippen LogP contribution in [-0.4, -0.2) is 49.6 Å². The van der Waals surface area contributed by atoms with Crippen LogP contribution in [0.25, 0.3) is 0 Å². The number of pyridine rings is 1. The molecule has 6 nitrogen and oxygen atoms in total. The fraction of sp³-hybridized carbons (Fsp3) is 0.538. The zero-order valence-electron chi connectivity index (χ0n) is 11.4. The highest BCUT2D eigenvalue weighted by molar-refractivity contribution is 5.71. The molecule has 1 N–H and O–H groups in total. The van der Waals surface area contributed by atoms with Crippen molar-refractivity contribution in [2.24, 2.45) is 0 Å². The lowest BCUT2D eigenvalue weighted by Crippen LogP contribution is -2.46. The summed E-state index contributed by atoms with van der Waals surface area (Å²) in [6.07, 6.45) is 4.32. The third-order valence-corrected chi connectivity index (χ3v) is 3.34. The van der Waals surface area contributed by atoms with Crippen LogP contribution in [0.3, 0.4) is 0 Å². The van der Waals surface area contributed by atoms with Gasteiger partial charge in [-0.25, -0.2) is 4.98 Å². The number of aromatic nitrogens is 1. The van der Waals surface area contributed by atoms with Crippen molar-refractivity contribution in [2.45, 2.75) is 25.0 Å². The molecule has 0 radical (unpaired) electrons. The molecule has 1 heterocycles. The van der Waals surface area contributed by atoms with Crippen molar-refractivity contribution in [3.05, 3.63) is 12.3 Å². The van der Waals surface area contributed by atoms with Gasteiger partial charge < -0.3 is 19.7 Å². The van der Waals surface area contributed by atoms with Crippen LogP contribution in [0.2, 0.25) is 0 Å². The second-order valence-electron chi connectivity index (χ2n) is 4.82. The number of hydrogen-bond donors (Lipinski definition) is 1. The second-order valence-corrected chi connectivity index (χ2v) is 4.82. The molecule has 0 saturated heterocycles. The number of nitrogens with zero attached hydrogens (tertiary/aromatic N) is 2. The van der Waals surface area contributed by atoms with E-state index in [1.54, 1.807) is 19.4 Å². The van der Waals surface area contributed by atoms with E-state index in [1.807, 2.05) is 0 Å². The molecule has 1 aromatic rings. The minimum absolute atomic E-state index is 0.179. The first kappa shape index (κ1) is 13.6. The maximum Gasteiger partial charge on any atom is 0.257 e. The Labute approximate surface area is 112 Å². The van der Waals surface area contributed by atoms with E-state index in [1.165, 1.54) is 0 Å². The summed E-state index contributed by atoms with van der Waals surface area (Å²) in [6, 6.07) is 2.27. The SMILES string of the molecule is COc1cc(NC=O)cnc1OC1CC(N(C)C)C1. The molecule has 104 valence electrons. The average Bonchev–Trinajstić information content (AvgIpc) is 2.34. The van der Waals surface area contributed by atoms with E-state index < -0.39 is 0 Å². The molecule has 0 bridgehead atoms. The first-order chi connectivity index (χ1) is 9.13. The molecule has 1 fully saturated rings. The van der Waals surface area contributed by atoms with Crippen LogP contribution in [0.1, 0.15) is 12.8 Å². The highest BCUT2D eigenvalue weighted by Crippen LogP contribution is 2.33. The molecule has 0 atom stereocenters. The van der Waals surface area contributed by atoms with E-state index in [4.69, 9.17) is 9.47 Å². The van der Waals surface area contributed by atoms with Crippen molar-refractivity contribution in [2.75, 3.05) is 26.5 Å². The number of amides is 1. The van der Waals surface area contributed by atoms with E-state index in [0.29, 0.717) is 29.8 Å². The van der Waals surface area contributed by atoms with E-state index in [-0.39, 0.29) is 6.10 Å². The highest BCUT2D eigenvalue weighted by Gasteiger charge is 2.33. The number of carbonyl (C=O) groups is 1. The van der Waals surface area contributed by atoms with Gasteiger partial charge in [0.05, 0.1) is 19.0 Å². The van der Waals surface area contributed by atoms with Crippen LogP contribution in [0, 0.1) is 0 Å². The van der Waals surface area contributed by atoms with Crippen LogP contribution in [0.15, 0.2) is 12.3 Å². The van der Waals surface area contributed by atoms with Gasteiger partial charge in [-0.15, -0.1) is 0 Å². The molecule has 6 heteroatoms. The molecular weight excluding hydrogens is 246 g/mol. The number of nitrogens with one attached hydrogen (secondary N) is 1. The van der Waals surface area contributed by atoms with Gasteiger partial charge in [-0.05, 0) is 14.1 Å². The summed E-state index contributed by atoms with van der Waals surface area (Å²) in [7, 11) is 5.69. The summed E-state index contributed by atoms with van der Waals surface area (Å²) in [4.78, 5) is 16.7. The largest absolute Gasteiger partial charge is 0.491 e. The van der Waals surface area contributed by atoms with Gasteiger partial charge in [-0.1, -0.05) is 0 Å². The van der Waals surface area contributed by atoms with Crippen LogP contribution < -0.4 is 14.8 Å². The number of carbonyl (C=O) groups excluding carboxylic acids is 1. The standard InChI is InChI=1S/C13H19N3O3/c1-16(2)10-5-11(6-10)19-13-12(18-3)4-9(7-14-13)15-8-17/h4,7-8,10-11H,5-6H2,1-3H3,(H,15,17). The van der Waals surface area contributed by atoms with E-state index in [2.05, 4.69) is 29.3 Å². The zero-order chi connectivity index (χ0) is 13.8. The Bertz CT molecular complexity index is 445. The number of methoxy groups -OCH3 is 1. The Kier molecular flexibility index (Phi) is 4.21. The molecule has 0 aromatic carbocycles. The predicted molar refractivity (Wildman–Crippen MR) is 71.6 cm³/mol. The van der Waals surface area contributed by atoms with Crippen molar-refractivity contribution in [1.29, 1.82) is 0 Å². The Morgan fingerprint density at radius 1 is 1.47 bits per heavy atom. The quantitative estimate of drug-likeness (QED) is 0.781. The lowest BCUT2D eigenvalue weighted by atomic mass is 9.88. The molecule has 2 rings (SSSR count). The van der Waals surface area contributed by atoms with Gasteiger partial charge >= 0.3 is 0 Å². The summed E-state index contributed by atoms with van der Waals surface area (Å²) in [5, 5.41) is 2.53. The van der Waals surface area contributed by atoms with Crippen molar-refractivity contribution < 1.29 is 14.3 Å². The van der Waals surface area contributed by atoms with Crippen LogP contribution >= 0.6 is 0 Å². The lowest BCUT2D eigenvalue weighted by molar-refractivity contribution is -0.105. The molecule has 1 amide bonds. The number of rotatable bonds is 6. The third-order valence-electron chi connectivity index (χ3n) is 3.34. The molecule has 0 aliphatic heterocycles. The first-order valence-electron chi connectivity index (χ1n) is 6.21. The lowest BCUT2D eigenvalue weighted by Gasteiger charge is -2.39. The van der Waals surface area contributed by atoms with Gasteiger partial charge in [0.2, 0.25) is 6.41 Å². The van der Waals surface area contributed by atoms with E-state index >= 15 is 0 Å². The Hall–Kier alpha value is -1.82. The van der Waals surface area contributed by atoms with Crippen molar-refractivity contribution in [3.8, 4) is 11.6 Å². The number of hydrogen-bond acceptors (Lipinski definition) is 5. The fourth-order valence-corrected chi connectivity index (χ4v) is 2.03. The topological polar surface area (TPSA) is 63.7 Å². The Morgan fingerprint density at radius 3 is 2.79 bits per heavy atom. The molecule has 1 aliphatic rings. The number of anilines is 1. The average molecular weight is 265 g/mol. The van der Waals surface area contributed by atoms with Crippen molar-refractivity contribution >= 4 is 12.1 Å². The summed E-state index contributed by atoms with van der Waals surface area (Å²) < 4.78 is 11.0. The van der Waals surface area contributed by atoms with Crippen LogP contribution in [-0.2, 0) is 4.79 Å². The molecule has 1 aromatic heterocycles. The molecule has 0 spiro atoms. The summed E-state index contributed by atoms with van der Waals surface area (Å²) in [5.41, 5.74) is 0.582. The first-order valence-corrected chi connectivity index (χ1v) is 6.21. The maximum atomic E-state index is 10.4. The van der Waals surface area contributed by atoms with Gasteiger partial charge in [0.15, 0.2) is 5.75 Å². The van der Waals surface area contributed by atoms with Crippen LogP contribution in [0.4, 0.5) is 5.69 Å². The van der Waals surface area contributed by atoms with Crippen LogP contribution in [0.5, 0.6) is 11.6 Å². The highest BCUT2D eigenvalue weighted by atomic mass is 16.5. The van der Waals surface area contributed by atoms with Gasteiger partial charge in [-0.3, -0.25) is 4.79 Å². The van der Waals surface area contributed by atoms with Crippen molar-refractivity contribution in [1.82, 2.24) is 9.88 Å². The fourth-order valence-electron chi connectivity index (χ4n) is 2.03. The molecule has 1 aliphatic carbocycles. The smallest absolute Gasteiger partial charge is 0.257 e. The molecule has 0 unspecified atom stereocenters. The van der Waals surface area contributed by atoms with E-state index in [0.717, 1.165) is 12.8 Å². The van der Waals surface area contributed by atoms with Gasteiger partial charge in [-0.2, -0.15) is 0 Å². The molecular formula is C13H19N3O3. The third kappa shape index (κ3) is 3.14. The minimum atomic E-state index is 0.179. The monoisotopic (exact) mass is 265 g/mol. The normalized spacial score (nSPS) is 21.7. The molecule has 1 saturated carbocycles. The van der Waals surface area contributed by atoms with Gasteiger partial charge in [0.1, 0.15) is 6.10 Å². The zero-order valence-corrected chi connectivity index (χ0v) is 11.4. The van der Waals surface area contributed by atoms with Crippen molar-refractivity contribution in [3.63, 3.8) is 0 Å². The van der Waals surface area contributed by atoms with Gasteiger partial charge in [0.25, 0.3) is 5.88 Å². The Morgan fingerprint density at radius 2 is 2.21 bits per heavy atom. The Balaban J connectivity index is 1.99. The van der Waals surface area contributed by atoms with Gasteiger partial charge in [0, 0.05) is 24.9 Å². The summed E-state index contributed by atoms with van der Waals surface area (Å²) in [6.45, 7) is 0. The summed E-state index contributed by atoms with van der Waals surface area (Å²) in [5.74, 6) is 1.00. The predicted octanol–water partition coefficient (Wildman–Crippen LogP) is 1.13. The number of ether oxygens (including phenoxy) is 2. The second kappa shape index (κ2) is 5.88. The summed E-state index contributed by atoms with van der Waals surface area (Å²) >= 11 is 0.